The molecule has 0 aromatic heterocycles. The molecule has 0 atom stereocenters. The molecule has 0 saturated heterocycles. The van der Waals surface area contributed by atoms with Crippen LogP contribution in [0.2, 0.25) is 0 Å². The number of nitrogens with zero attached hydrogens (tertiary/aromatic N) is 1. The minimum atomic E-state index is -0.0891. The van der Waals surface area contributed by atoms with Gasteiger partial charge in [-0.2, -0.15) is 0 Å². The molecule has 0 aliphatic carbocycles. The molecule has 82 valence electrons. The van der Waals surface area contributed by atoms with E-state index in [2.05, 4.69) is 12.2 Å². The van der Waals surface area contributed by atoms with E-state index in [1.807, 2.05) is 6.92 Å². The molecule has 0 saturated carbocycles. The zero-order valence-corrected chi connectivity index (χ0v) is 9.69. The van der Waals surface area contributed by atoms with Gasteiger partial charge in [0.25, 0.3) is 0 Å². The van der Waals surface area contributed by atoms with Gasteiger partial charge in [-0.25, -0.2) is 4.79 Å². The van der Waals surface area contributed by atoms with Crippen LogP contribution in [-0.2, 0) is 0 Å². The monoisotopic (exact) mass is 217 g/mol. The van der Waals surface area contributed by atoms with Gasteiger partial charge in [-0.1, -0.05) is 25.6 Å². The van der Waals surface area contributed by atoms with E-state index in [-0.39, 0.29) is 6.03 Å². The Labute approximate surface area is 90.8 Å². The smallest absolute Gasteiger partial charge is 0.317 e. The van der Waals surface area contributed by atoms with E-state index in [1.54, 1.807) is 4.90 Å². The Kier molecular flexibility index (Phi) is 7.10. The van der Waals surface area contributed by atoms with Crippen LogP contribution in [0.5, 0.6) is 0 Å². The lowest BCUT2D eigenvalue weighted by atomic mass is 10.3. The molecule has 0 aromatic carbocycles. The highest BCUT2D eigenvalue weighted by atomic mass is 32.1. The molecule has 0 aromatic rings. The van der Waals surface area contributed by atoms with Crippen LogP contribution >= 0.6 is 12.2 Å². The maximum Gasteiger partial charge on any atom is 0.317 e. The van der Waals surface area contributed by atoms with E-state index in [9.17, 15) is 4.79 Å². The van der Waals surface area contributed by atoms with Crippen molar-refractivity contribution in [3.05, 3.63) is 0 Å². The zero-order chi connectivity index (χ0) is 11.0. The Hall–Kier alpha value is -0.840. The lowest BCUT2D eigenvalue weighted by molar-refractivity contribution is 0.207. The summed E-state index contributed by atoms with van der Waals surface area (Å²) in [4.78, 5) is 13.4. The van der Waals surface area contributed by atoms with Crippen LogP contribution in [0.4, 0.5) is 4.79 Å². The van der Waals surface area contributed by atoms with Crippen molar-refractivity contribution in [3.63, 3.8) is 0 Å². The number of thiocarbonyl (C=S) groups is 1. The van der Waals surface area contributed by atoms with Gasteiger partial charge in [-0.05, 0) is 13.3 Å². The molecule has 0 spiro atoms. The number of unbranched alkanes of at least 4 members (excludes halogenated alkanes) is 1. The first-order valence-corrected chi connectivity index (χ1v) is 5.33. The second-order valence-corrected chi connectivity index (χ2v) is 3.59. The van der Waals surface area contributed by atoms with E-state index in [1.165, 1.54) is 0 Å². The van der Waals surface area contributed by atoms with Crippen molar-refractivity contribution in [2.24, 2.45) is 5.73 Å². The third-order valence-corrected chi connectivity index (χ3v) is 1.95. The number of hydrogen-bond donors (Lipinski definition) is 2. The maximum atomic E-state index is 11.5. The summed E-state index contributed by atoms with van der Waals surface area (Å²) in [5, 5.41) is 2.81. The summed E-state index contributed by atoms with van der Waals surface area (Å²) in [7, 11) is 0. The summed E-state index contributed by atoms with van der Waals surface area (Å²) < 4.78 is 0. The minimum absolute atomic E-state index is 0.0891. The van der Waals surface area contributed by atoms with Crippen LogP contribution in [0.1, 0.15) is 26.7 Å². The number of carbonyl (C=O) groups is 1. The minimum Gasteiger partial charge on any atom is -0.392 e. The SMILES string of the molecule is CCCCNC(=O)N(CC)CC(N)=S. The predicted molar refractivity (Wildman–Crippen MR) is 62.3 cm³/mol. The molecule has 14 heavy (non-hydrogen) atoms. The van der Waals surface area contributed by atoms with Crippen molar-refractivity contribution in [1.29, 1.82) is 0 Å². The van der Waals surface area contributed by atoms with Crippen molar-refractivity contribution in [1.82, 2.24) is 10.2 Å². The summed E-state index contributed by atoms with van der Waals surface area (Å²) in [6.07, 6.45) is 2.07. The number of carbonyl (C=O) groups excluding carboxylic acids is 1. The highest BCUT2D eigenvalue weighted by molar-refractivity contribution is 7.80. The standard InChI is InChI=1S/C9H19N3OS/c1-3-5-6-11-9(13)12(4-2)7-8(10)14/h3-7H2,1-2H3,(H2,10,14)(H,11,13). The maximum absolute atomic E-state index is 11.5. The first-order chi connectivity index (χ1) is 6.61. The van der Waals surface area contributed by atoms with Gasteiger partial charge >= 0.3 is 6.03 Å². The van der Waals surface area contributed by atoms with Crippen LogP contribution < -0.4 is 11.1 Å². The molecule has 5 heteroatoms. The molecule has 0 rings (SSSR count). The van der Waals surface area contributed by atoms with Crippen molar-refractivity contribution in [2.45, 2.75) is 26.7 Å². The number of amides is 2. The van der Waals surface area contributed by atoms with Crippen LogP contribution in [-0.4, -0.2) is 35.6 Å². The number of likely N-dealkylation sites (N-methyl/N-ethyl adjacent to an activating group) is 1. The van der Waals surface area contributed by atoms with Gasteiger partial charge in [0.15, 0.2) is 0 Å². The molecule has 0 aliphatic heterocycles. The summed E-state index contributed by atoms with van der Waals surface area (Å²) in [5.41, 5.74) is 5.37. The van der Waals surface area contributed by atoms with Crippen LogP contribution in [0.25, 0.3) is 0 Å². The van der Waals surface area contributed by atoms with Crippen molar-refractivity contribution in [2.75, 3.05) is 19.6 Å². The second-order valence-electron chi connectivity index (χ2n) is 3.07. The Morgan fingerprint density at radius 2 is 2.14 bits per heavy atom. The van der Waals surface area contributed by atoms with E-state index in [4.69, 9.17) is 18.0 Å². The zero-order valence-electron chi connectivity index (χ0n) is 8.88. The molecule has 4 nitrogen and oxygen atoms in total. The Morgan fingerprint density at radius 3 is 2.57 bits per heavy atom. The number of urea groups is 1. The van der Waals surface area contributed by atoms with Crippen molar-refractivity contribution < 1.29 is 4.79 Å². The third kappa shape index (κ3) is 5.75. The Balaban J connectivity index is 3.85. The first-order valence-electron chi connectivity index (χ1n) is 4.92. The quantitative estimate of drug-likeness (QED) is 0.517. The summed E-state index contributed by atoms with van der Waals surface area (Å²) in [5.74, 6) is 0. The van der Waals surface area contributed by atoms with Crippen molar-refractivity contribution >= 4 is 23.2 Å². The van der Waals surface area contributed by atoms with Crippen molar-refractivity contribution in [3.8, 4) is 0 Å². The number of rotatable bonds is 6. The van der Waals surface area contributed by atoms with Crippen LogP contribution in [0.15, 0.2) is 0 Å². The molecular weight excluding hydrogens is 198 g/mol. The van der Waals surface area contributed by atoms with E-state index < -0.39 is 0 Å². The fraction of sp³-hybridized carbons (Fsp3) is 0.778. The van der Waals surface area contributed by atoms with Gasteiger partial charge in [0.05, 0.1) is 11.5 Å². The molecular formula is C9H19N3OS. The second kappa shape index (κ2) is 7.55. The Bertz CT molecular complexity index is 196. The lowest BCUT2D eigenvalue weighted by Gasteiger charge is -2.20. The molecule has 0 heterocycles. The summed E-state index contributed by atoms with van der Waals surface area (Å²) in [6.45, 7) is 5.67. The normalized spacial score (nSPS) is 9.57. The van der Waals surface area contributed by atoms with Crippen LogP contribution in [0.3, 0.4) is 0 Å². The van der Waals surface area contributed by atoms with Crippen LogP contribution in [0, 0.1) is 0 Å². The number of hydrogen-bond acceptors (Lipinski definition) is 2. The van der Waals surface area contributed by atoms with Gasteiger partial charge in [0.1, 0.15) is 0 Å². The average molecular weight is 217 g/mol. The molecule has 0 radical (unpaired) electrons. The molecule has 0 bridgehead atoms. The van der Waals surface area contributed by atoms with E-state index in [0.717, 1.165) is 12.8 Å². The highest BCUT2D eigenvalue weighted by Gasteiger charge is 2.10. The van der Waals surface area contributed by atoms with E-state index in [0.29, 0.717) is 24.6 Å². The average Bonchev–Trinajstić information content (AvgIpc) is 2.14. The number of nitrogens with one attached hydrogen (secondary N) is 1. The third-order valence-electron chi connectivity index (χ3n) is 1.82. The lowest BCUT2D eigenvalue weighted by Crippen LogP contribution is -2.44. The Morgan fingerprint density at radius 1 is 1.50 bits per heavy atom. The number of nitrogens with two attached hydrogens (primary N) is 1. The largest absolute Gasteiger partial charge is 0.392 e. The first kappa shape index (κ1) is 13.2. The summed E-state index contributed by atoms with van der Waals surface area (Å²) in [6, 6.07) is -0.0891. The topological polar surface area (TPSA) is 58.4 Å². The molecule has 0 aliphatic rings. The summed E-state index contributed by atoms with van der Waals surface area (Å²) >= 11 is 4.75. The fourth-order valence-electron chi connectivity index (χ4n) is 0.999. The van der Waals surface area contributed by atoms with Gasteiger partial charge in [0, 0.05) is 13.1 Å². The highest BCUT2D eigenvalue weighted by Crippen LogP contribution is 1.90. The van der Waals surface area contributed by atoms with Gasteiger partial charge in [-0.3, -0.25) is 0 Å². The predicted octanol–water partition coefficient (Wildman–Crippen LogP) is 1.10. The molecule has 3 N–H and O–H groups in total. The van der Waals surface area contributed by atoms with Gasteiger partial charge in [0.2, 0.25) is 0 Å². The van der Waals surface area contributed by atoms with E-state index >= 15 is 0 Å². The molecule has 0 fully saturated rings. The van der Waals surface area contributed by atoms with Gasteiger partial charge < -0.3 is 16.0 Å². The molecule has 2 amide bonds. The van der Waals surface area contributed by atoms with Gasteiger partial charge in [-0.15, -0.1) is 0 Å². The molecule has 0 unspecified atom stereocenters. The fourth-order valence-corrected chi connectivity index (χ4v) is 1.16.